The number of H-pyrrole nitrogens is 1. The summed E-state index contributed by atoms with van der Waals surface area (Å²) < 4.78 is 11.5. The summed E-state index contributed by atoms with van der Waals surface area (Å²) >= 11 is 1.64. The summed E-state index contributed by atoms with van der Waals surface area (Å²) in [6, 6.07) is 9.80. The number of pyridine rings is 1. The molecule has 3 heterocycles. The van der Waals surface area contributed by atoms with Crippen LogP contribution in [0.3, 0.4) is 0 Å². The van der Waals surface area contributed by atoms with E-state index in [0.717, 1.165) is 32.1 Å². The highest BCUT2D eigenvalue weighted by molar-refractivity contribution is 7.18. The van der Waals surface area contributed by atoms with Crippen molar-refractivity contribution in [2.24, 2.45) is 0 Å². The Balaban J connectivity index is 2.18. The van der Waals surface area contributed by atoms with Crippen LogP contribution in [0.5, 0.6) is 5.88 Å². The van der Waals surface area contributed by atoms with Crippen molar-refractivity contribution < 1.29 is 14.3 Å². The molecule has 24 heavy (non-hydrogen) atoms. The Morgan fingerprint density at radius 2 is 2.08 bits per heavy atom. The number of carbonyl (C=O) groups is 1. The smallest absolute Gasteiger partial charge is 0.355 e. The molecule has 0 atom stereocenters. The van der Waals surface area contributed by atoms with Crippen molar-refractivity contribution in [2.75, 3.05) is 14.2 Å². The second kappa shape index (κ2) is 5.65. The Morgan fingerprint density at radius 1 is 1.21 bits per heavy atom. The zero-order chi connectivity index (χ0) is 16.7. The molecule has 0 aliphatic heterocycles. The number of hydrogen-bond acceptors (Lipinski definition) is 5. The highest BCUT2D eigenvalue weighted by Gasteiger charge is 2.24. The molecule has 6 heteroatoms. The van der Waals surface area contributed by atoms with Gasteiger partial charge < -0.3 is 14.5 Å². The molecule has 3 aromatic heterocycles. The van der Waals surface area contributed by atoms with Gasteiger partial charge in [0.15, 0.2) is 0 Å². The number of fused-ring (bicyclic) bond motifs is 3. The maximum atomic E-state index is 12.3. The summed E-state index contributed by atoms with van der Waals surface area (Å²) in [5.41, 5.74) is 2.80. The molecule has 1 N–H and O–H groups in total. The van der Waals surface area contributed by atoms with Crippen LogP contribution in [0.1, 0.15) is 10.5 Å². The lowest BCUT2D eigenvalue weighted by molar-refractivity contribution is 0.0596. The molecule has 0 saturated carbocycles. The Hall–Kier alpha value is -2.86. The first-order chi connectivity index (χ1) is 11.7. The fourth-order valence-corrected chi connectivity index (χ4v) is 3.93. The van der Waals surface area contributed by atoms with Crippen LogP contribution in [0.2, 0.25) is 0 Å². The molecule has 0 amide bonds. The van der Waals surface area contributed by atoms with Gasteiger partial charge in [-0.15, -0.1) is 11.3 Å². The molecule has 0 unspecified atom stereocenters. The van der Waals surface area contributed by atoms with Crippen LogP contribution in [-0.4, -0.2) is 30.2 Å². The van der Waals surface area contributed by atoms with E-state index in [1.165, 1.54) is 7.11 Å². The normalized spacial score (nSPS) is 11.1. The molecular weight excluding hydrogens is 324 g/mol. The lowest BCUT2D eigenvalue weighted by Crippen LogP contribution is -2.04. The van der Waals surface area contributed by atoms with Crippen LogP contribution in [-0.2, 0) is 4.74 Å². The molecule has 120 valence electrons. The highest BCUT2D eigenvalue weighted by Crippen LogP contribution is 2.41. The Labute approximate surface area is 141 Å². The van der Waals surface area contributed by atoms with Gasteiger partial charge in [0.1, 0.15) is 5.69 Å². The van der Waals surface area contributed by atoms with Crippen LogP contribution in [0, 0.1) is 0 Å². The molecular formula is C18H14N2O3S. The third kappa shape index (κ3) is 2.07. The molecule has 4 aromatic rings. The average molecular weight is 338 g/mol. The summed E-state index contributed by atoms with van der Waals surface area (Å²) in [5.74, 6) is 0.0499. The van der Waals surface area contributed by atoms with Gasteiger partial charge in [-0.25, -0.2) is 9.78 Å². The SMILES string of the molecule is COC(=O)c1[nH]c2ccc3ccsc3c2c1-c1cccnc1OC. The number of rotatable bonds is 3. The largest absolute Gasteiger partial charge is 0.481 e. The van der Waals surface area contributed by atoms with E-state index in [1.807, 2.05) is 29.6 Å². The molecule has 0 radical (unpaired) electrons. The van der Waals surface area contributed by atoms with Gasteiger partial charge in [-0.3, -0.25) is 0 Å². The van der Waals surface area contributed by atoms with E-state index in [0.29, 0.717) is 11.6 Å². The van der Waals surface area contributed by atoms with Gasteiger partial charge in [0.25, 0.3) is 0 Å². The number of esters is 1. The zero-order valence-corrected chi connectivity index (χ0v) is 13.9. The first-order valence-electron chi connectivity index (χ1n) is 7.34. The van der Waals surface area contributed by atoms with Crippen molar-refractivity contribution in [3.8, 4) is 17.0 Å². The number of thiophene rings is 1. The molecule has 0 fully saturated rings. The minimum atomic E-state index is -0.420. The molecule has 0 spiro atoms. The monoisotopic (exact) mass is 338 g/mol. The molecule has 0 aliphatic carbocycles. The van der Waals surface area contributed by atoms with E-state index in [9.17, 15) is 4.79 Å². The molecule has 5 nitrogen and oxygen atoms in total. The fourth-order valence-electron chi connectivity index (χ4n) is 2.98. The first kappa shape index (κ1) is 14.7. The average Bonchev–Trinajstić information content (AvgIpc) is 3.24. The first-order valence-corrected chi connectivity index (χ1v) is 8.22. The molecule has 4 rings (SSSR count). The molecule has 1 aromatic carbocycles. The highest BCUT2D eigenvalue weighted by atomic mass is 32.1. The van der Waals surface area contributed by atoms with Gasteiger partial charge in [-0.1, -0.05) is 6.07 Å². The zero-order valence-electron chi connectivity index (χ0n) is 13.1. The van der Waals surface area contributed by atoms with Crippen molar-refractivity contribution in [1.82, 2.24) is 9.97 Å². The number of carbonyl (C=O) groups excluding carboxylic acids is 1. The minimum Gasteiger partial charge on any atom is -0.481 e. The maximum absolute atomic E-state index is 12.3. The van der Waals surface area contributed by atoms with Crippen molar-refractivity contribution in [3.63, 3.8) is 0 Å². The Kier molecular flexibility index (Phi) is 3.46. The van der Waals surface area contributed by atoms with Crippen LogP contribution in [0.4, 0.5) is 0 Å². The van der Waals surface area contributed by atoms with E-state index >= 15 is 0 Å². The number of nitrogens with zero attached hydrogens (tertiary/aromatic N) is 1. The summed E-state index contributed by atoms with van der Waals surface area (Å²) in [5, 5.41) is 4.15. The van der Waals surface area contributed by atoms with Gasteiger partial charge in [0.2, 0.25) is 5.88 Å². The van der Waals surface area contributed by atoms with E-state index in [-0.39, 0.29) is 0 Å². The number of aromatic nitrogens is 2. The Bertz CT molecular complexity index is 1060. The molecule has 0 aliphatic rings. The van der Waals surface area contributed by atoms with Crippen molar-refractivity contribution in [3.05, 3.63) is 47.6 Å². The van der Waals surface area contributed by atoms with Gasteiger partial charge >= 0.3 is 5.97 Å². The minimum absolute atomic E-state index is 0.403. The number of benzene rings is 1. The fraction of sp³-hybridized carbons (Fsp3) is 0.111. The third-order valence-electron chi connectivity index (χ3n) is 4.00. The number of ether oxygens (including phenoxy) is 2. The van der Waals surface area contributed by atoms with Crippen LogP contribution < -0.4 is 4.74 Å². The lowest BCUT2D eigenvalue weighted by Gasteiger charge is -2.08. The van der Waals surface area contributed by atoms with Crippen LogP contribution in [0.25, 0.3) is 32.1 Å². The van der Waals surface area contributed by atoms with Crippen molar-refractivity contribution in [2.45, 2.75) is 0 Å². The predicted molar refractivity (Wildman–Crippen MR) is 94.8 cm³/mol. The van der Waals surface area contributed by atoms with Crippen LogP contribution in [0.15, 0.2) is 41.9 Å². The second-order valence-electron chi connectivity index (χ2n) is 5.25. The number of methoxy groups -OCH3 is 2. The van der Waals surface area contributed by atoms with Crippen molar-refractivity contribution in [1.29, 1.82) is 0 Å². The summed E-state index contributed by atoms with van der Waals surface area (Å²) in [4.78, 5) is 19.8. The topological polar surface area (TPSA) is 64.2 Å². The van der Waals surface area contributed by atoms with Crippen LogP contribution >= 0.6 is 11.3 Å². The van der Waals surface area contributed by atoms with E-state index in [4.69, 9.17) is 9.47 Å². The lowest BCUT2D eigenvalue weighted by atomic mass is 10.0. The van der Waals surface area contributed by atoms with E-state index in [1.54, 1.807) is 24.6 Å². The van der Waals surface area contributed by atoms with Gasteiger partial charge in [-0.05, 0) is 35.0 Å². The standard InChI is InChI=1S/C18H14N2O3S/c1-22-17-11(4-3-8-19-17)13-14-12(20-15(13)18(21)23-2)6-5-10-7-9-24-16(10)14/h3-9,20H,1-2H3. The molecule has 0 bridgehead atoms. The summed E-state index contributed by atoms with van der Waals surface area (Å²) in [7, 11) is 2.94. The Morgan fingerprint density at radius 3 is 2.88 bits per heavy atom. The van der Waals surface area contributed by atoms with E-state index < -0.39 is 5.97 Å². The quantitative estimate of drug-likeness (QED) is 0.568. The van der Waals surface area contributed by atoms with Gasteiger partial charge in [0, 0.05) is 32.9 Å². The van der Waals surface area contributed by atoms with Gasteiger partial charge in [-0.2, -0.15) is 0 Å². The number of aromatic amines is 1. The second-order valence-corrected chi connectivity index (χ2v) is 6.17. The number of hydrogen-bond donors (Lipinski definition) is 1. The van der Waals surface area contributed by atoms with E-state index in [2.05, 4.69) is 16.0 Å². The molecule has 0 saturated heterocycles. The maximum Gasteiger partial charge on any atom is 0.355 e. The summed E-state index contributed by atoms with van der Waals surface area (Å²) in [6.45, 7) is 0. The predicted octanol–water partition coefficient (Wildman–Crippen LogP) is 4.24. The van der Waals surface area contributed by atoms with Crippen molar-refractivity contribution >= 4 is 38.3 Å². The van der Waals surface area contributed by atoms with Gasteiger partial charge in [0.05, 0.1) is 14.2 Å². The summed E-state index contributed by atoms with van der Waals surface area (Å²) in [6.07, 6.45) is 1.66. The third-order valence-corrected chi connectivity index (χ3v) is 4.95. The number of nitrogens with one attached hydrogen (secondary N) is 1.